The topological polar surface area (TPSA) is 3.24 Å². The van der Waals surface area contributed by atoms with Crippen molar-refractivity contribution in [3.05, 3.63) is 29.8 Å². The summed E-state index contributed by atoms with van der Waals surface area (Å²) in [6, 6.07) is 8.80. The third-order valence-electron chi connectivity index (χ3n) is 3.10. The molecule has 0 bridgehead atoms. The van der Waals surface area contributed by atoms with Gasteiger partial charge in [-0.3, -0.25) is 0 Å². The van der Waals surface area contributed by atoms with Gasteiger partial charge in [0, 0.05) is 18.8 Å². The van der Waals surface area contributed by atoms with Gasteiger partial charge < -0.3 is 4.90 Å². The van der Waals surface area contributed by atoms with Crippen LogP contribution in [0.2, 0.25) is 0 Å². The minimum absolute atomic E-state index is 0.450. The second-order valence-corrected chi connectivity index (χ2v) is 6.08. The second kappa shape index (κ2) is 6.09. The van der Waals surface area contributed by atoms with Crippen molar-refractivity contribution in [2.45, 2.75) is 47.5 Å². The maximum absolute atomic E-state index is 2.47. The summed E-state index contributed by atoms with van der Waals surface area (Å²) >= 11 is 0. The first-order chi connectivity index (χ1) is 7.92. The molecule has 17 heavy (non-hydrogen) atoms. The van der Waals surface area contributed by atoms with Crippen molar-refractivity contribution in [3.8, 4) is 0 Å². The first-order valence-electron chi connectivity index (χ1n) is 6.74. The van der Waals surface area contributed by atoms with E-state index >= 15 is 0 Å². The molecule has 1 nitrogen and oxygen atoms in total. The molecular weight excluding hydrogens is 206 g/mol. The van der Waals surface area contributed by atoms with Crippen LogP contribution in [-0.4, -0.2) is 13.1 Å². The van der Waals surface area contributed by atoms with E-state index in [-0.39, 0.29) is 0 Å². The molecule has 0 saturated heterocycles. The third-order valence-corrected chi connectivity index (χ3v) is 3.10. The van der Waals surface area contributed by atoms with Crippen molar-refractivity contribution >= 4 is 5.69 Å². The van der Waals surface area contributed by atoms with Crippen LogP contribution in [0.4, 0.5) is 5.69 Å². The molecule has 0 spiro atoms. The van der Waals surface area contributed by atoms with Gasteiger partial charge in [0.25, 0.3) is 0 Å². The molecule has 1 heteroatoms. The molecule has 0 saturated carbocycles. The van der Waals surface area contributed by atoms with E-state index in [0.717, 1.165) is 13.1 Å². The smallest absolute Gasteiger partial charge is 0.0368 e. The van der Waals surface area contributed by atoms with Crippen molar-refractivity contribution in [3.63, 3.8) is 0 Å². The fraction of sp³-hybridized carbons (Fsp3) is 0.625. The highest BCUT2D eigenvalue weighted by atomic mass is 15.1. The zero-order valence-electron chi connectivity index (χ0n) is 12.1. The third kappa shape index (κ3) is 5.25. The highest BCUT2D eigenvalue weighted by Crippen LogP contribution is 2.22. The second-order valence-electron chi connectivity index (χ2n) is 6.08. The Labute approximate surface area is 107 Å². The average Bonchev–Trinajstić information content (AvgIpc) is 2.23. The highest BCUT2D eigenvalue weighted by Gasteiger charge is 2.11. The molecule has 0 aliphatic rings. The monoisotopic (exact) mass is 233 g/mol. The first-order valence-corrected chi connectivity index (χ1v) is 6.74. The van der Waals surface area contributed by atoms with Crippen LogP contribution >= 0.6 is 0 Å². The molecule has 0 aromatic heterocycles. The lowest BCUT2D eigenvalue weighted by Crippen LogP contribution is -2.24. The number of hydrogen-bond donors (Lipinski definition) is 0. The van der Waals surface area contributed by atoms with E-state index in [2.05, 4.69) is 63.8 Å². The molecular formula is C16H27N. The summed E-state index contributed by atoms with van der Waals surface area (Å²) in [5.41, 5.74) is 3.16. The molecule has 0 aliphatic carbocycles. The highest BCUT2D eigenvalue weighted by molar-refractivity contribution is 5.48. The molecule has 0 radical (unpaired) electrons. The van der Waals surface area contributed by atoms with Crippen LogP contribution in [-0.2, 0) is 0 Å². The molecule has 0 amide bonds. The Kier molecular flexibility index (Phi) is 5.04. The number of aryl methyl sites for hydroxylation is 1. The molecule has 0 aliphatic heterocycles. The summed E-state index contributed by atoms with van der Waals surface area (Å²) < 4.78 is 0. The van der Waals surface area contributed by atoms with E-state index in [4.69, 9.17) is 0 Å². The first kappa shape index (κ1) is 14.1. The van der Waals surface area contributed by atoms with E-state index in [9.17, 15) is 0 Å². The molecule has 96 valence electrons. The van der Waals surface area contributed by atoms with E-state index in [1.54, 1.807) is 0 Å². The van der Waals surface area contributed by atoms with Crippen LogP contribution in [0.15, 0.2) is 24.3 Å². The molecule has 1 aromatic carbocycles. The number of benzene rings is 1. The molecule has 1 rings (SSSR count). The normalized spacial score (nSPS) is 11.6. The molecule has 0 unspecified atom stereocenters. The van der Waals surface area contributed by atoms with Crippen LogP contribution in [0.5, 0.6) is 0 Å². The Bertz CT molecular complexity index is 336. The van der Waals surface area contributed by atoms with Crippen molar-refractivity contribution in [2.24, 2.45) is 5.41 Å². The van der Waals surface area contributed by atoms with Gasteiger partial charge in [-0.05, 0) is 49.8 Å². The number of nitrogens with zero attached hydrogens (tertiary/aromatic N) is 1. The van der Waals surface area contributed by atoms with E-state index in [1.165, 1.54) is 24.1 Å². The SMILES string of the molecule is CCN(CCCC(C)(C)C)c1cccc(C)c1. The van der Waals surface area contributed by atoms with Crippen molar-refractivity contribution in [2.75, 3.05) is 18.0 Å². The van der Waals surface area contributed by atoms with Gasteiger partial charge in [0.05, 0.1) is 0 Å². The van der Waals surface area contributed by atoms with E-state index in [1.807, 2.05) is 0 Å². The summed E-state index contributed by atoms with van der Waals surface area (Å²) in [5.74, 6) is 0. The van der Waals surface area contributed by atoms with Crippen molar-refractivity contribution < 1.29 is 0 Å². The summed E-state index contributed by atoms with van der Waals surface area (Å²) in [6.07, 6.45) is 2.56. The fourth-order valence-corrected chi connectivity index (χ4v) is 2.09. The molecule has 0 atom stereocenters. The lowest BCUT2D eigenvalue weighted by Gasteiger charge is -2.26. The van der Waals surface area contributed by atoms with Crippen LogP contribution in [0.1, 0.15) is 46.1 Å². The quantitative estimate of drug-likeness (QED) is 0.715. The fourth-order valence-electron chi connectivity index (χ4n) is 2.09. The predicted octanol–water partition coefficient (Wildman–Crippen LogP) is 4.65. The standard InChI is InChI=1S/C16H27N/c1-6-17(12-8-11-16(3,4)5)15-10-7-9-14(2)13-15/h7,9-10,13H,6,8,11-12H2,1-5H3. The van der Waals surface area contributed by atoms with Gasteiger partial charge in [0.2, 0.25) is 0 Å². The van der Waals surface area contributed by atoms with Crippen molar-refractivity contribution in [1.82, 2.24) is 0 Å². The summed E-state index contributed by atoms with van der Waals surface area (Å²) in [7, 11) is 0. The minimum atomic E-state index is 0.450. The van der Waals surface area contributed by atoms with Gasteiger partial charge in [-0.2, -0.15) is 0 Å². The summed E-state index contributed by atoms with van der Waals surface area (Å²) in [4.78, 5) is 2.47. The number of anilines is 1. The maximum Gasteiger partial charge on any atom is 0.0368 e. The number of rotatable bonds is 5. The zero-order valence-corrected chi connectivity index (χ0v) is 12.1. The van der Waals surface area contributed by atoms with Crippen LogP contribution < -0.4 is 4.90 Å². The van der Waals surface area contributed by atoms with Gasteiger partial charge >= 0.3 is 0 Å². The molecule has 1 aromatic rings. The Morgan fingerprint density at radius 1 is 1.18 bits per heavy atom. The summed E-state index contributed by atoms with van der Waals surface area (Å²) in [6.45, 7) is 13.6. The van der Waals surface area contributed by atoms with Crippen LogP contribution in [0.3, 0.4) is 0 Å². The predicted molar refractivity (Wildman–Crippen MR) is 77.8 cm³/mol. The summed E-state index contributed by atoms with van der Waals surface area (Å²) in [5, 5.41) is 0. The van der Waals surface area contributed by atoms with Gasteiger partial charge in [-0.1, -0.05) is 32.9 Å². The van der Waals surface area contributed by atoms with E-state index in [0.29, 0.717) is 5.41 Å². The average molecular weight is 233 g/mol. The molecule has 0 N–H and O–H groups in total. The lowest BCUT2D eigenvalue weighted by atomic mass is 9.90. The van der Waals surface area contributed by atoms with Gasteiger partial charge in [-0.15, -0.1) is 0 Å². The van der Waals surface area contributed by atoms with Crippen LogP contribution in [0.25, 0.3) is 0 Å². The number of hydrogen-bond acceptors (Lipinski definition) is 1. The van der Waals surface area contributed by atoms with Gasteiger partial charge in [0.1, 0.15) is 0 Å². The van der Waals surface area contributed by atoms with Gasteiger partial charge in [0.15, 0.2) is 0 Å². The molecule has 0 heterocycles. The Hall–Kier alpha value is -0.980. The molecule has 0 fully saturated rings. The zero-order chi connectivity index (χ0) is 12.9. The minimum Gasteiger partial charge on any atom is -0.372 e. The van der Waals surface area contributed by atoms with Gasteiger partial charge in [-0.25, -0.2) is 0 Å². The Balaban J connectivity index is 2.54. The largest absolute Gasteiger partial charge is 0.372 e. The lowest BCUT2D eigenvalue weighted by molar-refractivity contribution is 0.366. The Morgan fingerprint density at radius 3 is 2.41 bits per heavy atom. The van der Waals surface area contributed by atoms with Crippen LogP contribution in [0, 0.1) is 12.3 Å². The maximum atomic E-state index is 2.47. The van der Waals surface area contributed by atoms with E-state index < -0.39 is 0 Å². The van der Waals surface area contributed by atoms with Crippen molar-refractivity contribution in [1.29, 1.82) is 0 Å². The Morgan fingerprint density at radius 2 is 1.88 bits per heavy atom.